The molecule has 0 N–H and O–H groups in total. The van der Waals surface area contributed by atoms with Crippen LogP contribution < -0.4 is 9.47 Å². The molecule has 0 amide bonds. The topological polar surface area (TPSA) is 41.5 Å². The second-order valence-corrected chi connectivity index (χ2v) is 5.30. The molecule has 0 aliphatic carbocycles. The predicted molar refractivity (Wildman–Crippen MR) is 75.2 cm³/mol. The first-order chi connectivity index (χ1) is 8.90. The van der Waals surface area contributed by atoms with E-state index < -0.39 is 0 Å². The Hall–Kier alpha value is -1.52. The van der Waals surface area contributed by atoms with Crippen LogP contribution in [0.25, 0.3) is 0 Å². The van der Waals surface area contributed by atoms with E-state index in [1.54, 1.807) is 21.3 Å². The van der Waals surface area contributed by atoms with Gasteiger partial charge >= 0.3 is 0 Å². The second-order valence-electron chi connectivity index (χ2n) is 5.30. The SMILES string of the molecule is C=C(C)C1c2cc(OC)c(OC)cc2CC[N+]1(C)[O-]. The molecule has 0 saturated carbocycles. The molecule has 1 aliphatic rings. The Labute approximate surface area is 114 Å². The van der Waals surface area contributed by atoms with E-state index in [2.05, 4.69) is 6.58 Å². The lowest BCUT2D eigenvalue weighted by molar-refractivity contribution is -0.888. The average molecular weight is 263 g/mol. The van der Waals surface area contributed by atoms with Gasteiger partial charge in [0, 0.05) is 12.0 Å². The van der Waals surface area contributed by atoms with Gasteiger partial charge in [0.15, 0.2) is 11.5 Å². The molecular weight excluding hydrogens is 242 g/mol. The molecule has 0 fully saturated rings. The molecule has 1 aliphatic heterocycles. The van der Waals surface area contributed by atoms with Crippen molar-refractivity contribution in [1.29, 1.82) is 0 Å². The molecule has 1 aromatic rings. The molecule has 1 heterocycles. The van der Waals surface area contributed by atoms with Crippen LogP contribution in [0.4, 0.5) is 0 Å². The fourth-order valence-electron chi connectivity index (χ4n) is 2.91. The normalized spacial score (nSPS) is 25.6. The lowest BCUT2D eigenvalue weighted by Crippen LogP contribution is -2.46. The minimum absolute atomic E-state index is 0.233. The number of fused-ring (bicyclic) bond motifs is 1. The molecule has 1 aromatic carbocycles. The van der Waals surface area contributed by atoms with Crippen LogP contribution in [0, 0.1) is 5.21 Å². The Kier molecular flexibility index (Phi) is 3.56. The van der Waals surface area contributed by atoms with E-state index in [4.69, 9.17) is 9.47 Å². The molecule has 4 heteroatoms. The highest BCUT2D eigenvalue weighted by atomic mass is 16.5. The molecule has 0 spiro atoms. The number of quaternary nitrogens is 1. The third-order valence-corrected chi connectivity index (χ3v) is 3.78. The lowest BCUT2D eigenvalue weighted by Gasteiger charge is -2.49. The van der Waals surface area contributed by atoms with E-state index in [0.717, 1.165) is 23.1 Å². The maximum atomic E-state index is 12.6. The van der Waals surface area contributed by atoms with Crippen LogP contribution in [-0.2, 0) is 6.42 Å². The molecule has 2 atom stereocenters. The van der Waals surface area contributed by atoms with Gasteiger partial charge in [-0.1, -0.05) is 6.58 Å². The summed E-state index contributed by atoms with van der Waals surface area (Å²) in [4.78, 5) is 0. The van der Waals surface area contributed by atoms with Crippen LogP contribution in [0.3, 0.4) is 0 Å². The summed E-state index contributed by atoms with van der Waals surface area (Å²) in [5, 5.41) is 12.6. The van der Waals surface area contributed by atoms with Gasteiger partial charge in [-0.15, -0.1) is 0 Å². The van der Waals surface area contributed by atoms with Crippen molar-refractivity contribution in [1.82, 2.24) is 0 Å². The van der Waals surface area contributed by atoms with Crippen LogP contribution in [0.1, 0.15) is 24.1 Å². The monoisotopic (exact) mass is 263 g/mol. The fraction of sp³-hybridized carbons (Fsp3) is 0.467. The number of methoxy groups -OCH3 is 2. The summed E-state index contributed by atoms with van der Waals surface area (Å²) in [5.74, 6) is 1.37. The summed E-state index contributed by atoms with van der Waals surface area (Å²) in [6, 6.07) is 3.66. The van der Waals surface area contributed by atoms with Crippen molar-refractivity contribution in [3.05, 3.63) is 40.6 Å². The van der Waals surface area contributed by atoms with Gasteiger partial charge in [0.1, 0.15) is 6.04 Å². The molecule has 19 heavy (non-hydrogen) atoms. The Morgan fingerprint density at radius 3 is 2.42 bits per heavy atom. The van der Waals surface area contributed by atoms with E-state index >= 15 is 0 Å². The molecule has 0 bridgehead atoms. The highest BCUT2D eigenvalue weighted by molar-refractivity contribution is 5.50. The zero-order chi connectivity index (χ0) is 14.2. The molecule has 2 rings (SSSR count). The van der Waals surface area contributed by atoms with Gasteiger partial charge in [0.2, 0.25) is 0 Å². The highest BCUT2D eigenvalue weighted by Crippen LogP contribution is 2.42. The number of benzene rings is 1. The number of hydroxylamine groups is 3. The number of likely N-dealkylation sites (N-methyl/N-ethyl adjacent to an activating group) is 1. The van der Waals surface area contributed by atoms with E-state index in [9.17, 15) is 5.21 Å². The first-order valence-corrected chi connectivity index (χ1v) is 6.37. The third kappa shape index (κ3) is 2.33. The number of hydrogen-bond donors (Lipinski definition) is 0. The Morgan fingerprint density at radius 2 is 1.89 bits per heavy atom. The van der Waals surface area contributed by atoms with Crippen LogP contribution in [0.5, 0.6) is 11.5 Å². The number of hydrogen-bond acceptors (Lipinski definition) is 3. The minimum atomic E-state index is -0.308. The van der Waals surface area contributed by atoms with Crippen molar-refractivity contribution >= 4 is 0 Å². The van der Waals surface area contributed by atoms with Gasteiger partial charge in [-0.25, -0.2) is 0 Å². The zero-order valence-corrected chi connectivity index (χ0v) is 12.0. The van der Waals surface area contributed by atoms with Crippen LogP contribution in [0.15, 0.2) is 24.3 Å². The van der Waals surface area contributed by atoms with Crippen LogP contribution in [0.2, 0.25) is 0 Å². The van der Waals surface area contributed by atoms with E-state index in [-0.39, 0.29) is 10.7 Å². The molecule has 4 nitrogen and oxygen atoms in total. The number of rotatable bonds is 3. The van der Waals surface area contributed by atoms with Crippen LogP contribution >= 0.6 is 0 Å². The number of ether oxygens (including phenoxy) is 2. The van der Waals surface area contributed by atoms with Gasteiger partial charge in [0.25, 0.3) is 0 Å². The molecule has 0 aromatic heterocycles. The maximum absolute atomic E-state index is 12.6. The highest BCUT2D eigenvalue weighted by Gasteiger charge is 2.34. The van der Waals surface area contributed by atoms with Gasteiger partial charge in [-0.2, -0.15) is 0 Å². The van der Waals surface area contributed by atoms with Gasteiger partial charge in [-0.05, 0) is 30.2 Å². The summed E-state index contributed by atoms with van der Waals surface area (Å²) >= 11 is 0. The van der Waals surface area contributed by atoms with E-state index in [0.29, 0.717) is 18.0 Å². The second kappa shape index (κ2) is 4.87. The van der Waals surface area contributed by atoms with Gasteiger partial charge < -0.3 is 19.3 Å². The van der Waals surface area contributed by atoms with Crippen molar-refractivity contribution in [3.63, 3.8) is 0 Å². The fourth-order valence-corrected chi connectivity index (χ4v) is 2.91. The number of nitrogens with zero attached hydrogens (tertiary/aromatic N) is 1. The molecule has 104 valence electrons. The van der Waals surface area contributed by atoms with E-state index in [1.807, 2.05) is 19.1 Å². The first-order valence-electron chi connectivity index (χ1n) is 6.37. The van der Waals surface area contributed by atoms with Crippen molar-refractivity contribution in [3.8, 4) is 11.5 Å². The predicted octanol–water partition coefficient (Wildman–Crippen LogP) is 2.82. The summed E-state index contributed by atoms with van der Waals surface area (Å²) in [5.41, 5.74) is 3.04. The summed E-state index contributed by atoms with van der Waals surface area (Å²) in [6.45, 7) is 6.45. The van der Waals surface area contributed by atoms with E-state index in [1.165, 1.54) is 0 Å². The van der Waals surface area contributed by atoms with Crippen molar-refractivity contribution in [2.75, 3.05) is 27.8 Å². The molecular formula is C15H21NO3. The Balaban J connectivity index is 2.60. The van der Waals surface area contributed by atoms with Gasteiger partial charge in [0.05, 0.1) is 27.8 Å². The molecule has 0 radical (unpaired) electrons. The third-order valence-electron chi connectivity index (χ3n) is 3.78. The smallest absolute Gasteiger partial charge is 0.161 e. The summed E-state index contributed by atoms with van der Waals surface area (Å²) < 4.78 is 10.3. The zero-order valence-electron chi connectivity index (χ0n) is 12.0. The maximum Gasteiger partial charge on any atom is 0.161 e. The van der Waals surface area contributed by atoms with Crippen molar-refractivity contribution < 1.29 is 14.1 Å². The summed E-state index contributed by atoms with van der Waals surface area (Å²) in [7, 11) is 4.93. The minimum Gasteiger partial charge on any atom is -0.632 e. The van der Waals surface area contributed by atoms with Crippen molar-refractivity contribution in [2.45, 2.75) is 19.4 Å². The quantitative estimate of drug-likeness (QED) is 0.478. The first kappa shape index (κ1) is 13.9. The Bertz CT molecular complexity index is 508. The summed E-state index contributed by atoms with van der Waals surface area (Å²) in [6.07, 6.45) is 0.749. The standard InChI is InChI=1S/C15H21NO3/c1-10(2)15-12-9-14(19-5)13(18-4)8-11(12)6-7-16(15,3)17/h8-9,15H,1,6-7H2,2-5H3. The lowest BCUT2D eigenvalue weighted by atomic mass is 9.88. The largest absolute Gasteiger partial charge is 0.632 e. The Morgan fingerprint density at radius 1 is 1.32 bits per heavy atom. The molecule has 0 saturated heterocycles. The average Bonchev–Trinajstić information content (AvgIpc) is 2.35. The van der Waals surface area contributed by atoms with Crippen molar-refractivity contribution in [2.24, 2.45) is 0 Å². The molecule has 2 unspecified atom stereocenters. The van der Waals surface area contributed by atoms with Gasteiger partial charge in [-0.3, -0.25) is 0 Å². The van der Waals surface area contributed by atoms with Crippen LogP contribution in [-0.4, -0.2) is 32.5 Å².